The van der Waals surface area contributed by atoms with Crippen LogP contribution in [0.3, 0.4) is 0 Å². The summed E-state index contributed by atoms with van der Waals surface area (Å²) < 4.78 is 7.73. The molecule has 0 bridgehead atoms. The molecule has 0 spiro atoms. The maximum atomic E-state index is 13.3. The van der Waals surface area contributed by atoms with E-state index < -0.39 is 17.2 Å². The molecular formula is C26H34ClN3O4. The lowest BCUT2D eigenvalue weighted by molar-refractivity contribution is -0.0108. The number of halogens is 1. The summed E-state index contributed by atoms with van der Waals surface area (Å²) >= 11 is 6.74. The molecular weight excluding hydrogens is 454 g/mol. The molecule has 0 saturated heterocycles. The first kappa shape index (κ1) is 25.8. The number of fused-ring (bicyclic) bond motifs is 3. The Bertz CT molecular complexity index is 1310. The lowest BCUT2D eigenvalue weighted by Crippen LogP contribution is -2.61. The highest BCUT2D eigenvalue weighted by Crippen LogP contribution is 2.37. The van der Waals surface area contributed by atoms with Crippen molar-refractivity contribution in [1.82, 2.24) is 14.5 Å². The number of amides is 1. The van der Waals surface area contributed by atoms with E-state index in [0.29, 0.717) is 17.6 Å². The van der Waals surface area contributed by atoms with Gasteiger partial charge in [0.05, 0.1) is 27.2 Å². The Morgan fingerprint density at radius 3 is 2.41 bits per heavy atom. The van der Waals surface area contributed by atoms with E-state index in [2.05, 4.69) is 18.8 Å². The van der Waals surface area contributed by atoms with Gasteiger partial charge < -0.3 is 14.4 Å². The third-order valence-electron chi connectivity index (χ3n) is 6.15. The maximum absolute atomic E-state index is 13.3. The molecule has 34 heavy (non-hydrogen) atoms. The highest BCUT2D eigenvalue weighted by Gasteiger charge is 2.43. The van der Waals surface area contributed by atoms with Gasteiger partial charge in [-0.15, -0.1) is 0 Å². The fourth-order valence-corrected chi connectivity index (χ4v) is 5.53. The molecule has 8 heteroatoms. The number of aromatic nitrogens is 2. The molecule has 2 aromatic heterocycles. The van der Waals surface area contributed by atoms with Crippen molar-refractivity contribution >= 4 is 39.4 Å². The SMILES string of the molecule is Cc1nccc2c3ccc(OCC(C)(CC(C)C)N(C(=O)O)C(C)(C)C)c(Cl)c3c(=O)n(C)c12. The molecule has 1 aromatic carbocycles. The molecule has 2 heterocycles. The van der Waals surface area contributed by atoms with Crippen LogP contribution in [0.25, 0.3) is 21.7 Å². The zero-order chi connectivity index (χ0) is 25.6. The summed E-state index contributed by atoms with van der Waals surface area (Å²) in [5.41, 5.74) is -0.159. The Kier molecular flexibility index (Phi) is 6.91. The molecule has 0 aliphatic heterocycles. The summed E-state index contributed by atoms with van der Waals surface area (Å²) in [6.07, 6.45) is 1.30. The van der Waals surface area contributed by atoms with E-state index in [9.17, 15) is 14.7 Å². The van der Waals surface area contributed by atoms with Crippen LogP contribution in [0.2, 0.25) is 5.02 Å². The van der Waals surface area contributed by atoms with Gasteiger partial charge in [0.2, 0.25) is 0 Å². The molecule has 3 aromatic rings. The Balaban J connectivity index is 2.12. The van der Waals surface area contributed by atoms with Crippen molar-refractivity contribution in [2.75, 3.05) is 6.61 Å². The van der Waals surface area contributed by atoms with Gasteiger partial charge in [-0.2, -0.15) is 0 Å². The molecule has 1 amide bonds. The van der Waals surface area contributed by atoms with Crippen molar-refractivity contribution in [2.45, 2.75) is 66.0 Å². The topological polar surface area (TPSA) is 84.7 Å². The molecule has 1 unspecified atom stereocenters. The Hall–Kier alpha value is -2.80. The van der Waals surface area contributed by atoms with Crippen LogP contribution < -0.4 is 10.3 Å². The number of hydrogen-bond donors (Lipinski definition) is 1. The highest BCUT2D eigenvalue weighted by molar-refractivity contribution is 6.37. The predicted octanol–water partition coefficient (Wildman–Crippen LogP) is 6.01. The van der Waals surface area contributed by atoms with Gasteiger partial charge in [-0.25, -0.2) is 4.79 Å². The van der Waals surface area contributed by atoms with Crippen molar-refractivity contribution in [3.63, 3.8) is 0 Å². The van der Waals surface area contributed by atoms with Crippen molar-refractivity contribution < 1.29 is 14.6 Å². The van der Waals surface area contributed by atoms with Gasteiger partial charge in [0.25, 0.3) is 5.56 Å². The van der Waals surface area contributed by atoms with Crippen LogP contribution in [0.1, 0.15) is 53.7 Å². The number of carbonyl (C=O) groups is 1. The van der Waals surface area contributed by atoms with Crippen LogP contribution in [-0.4, -0.2) is 43.3 Å². The summed E-state index contributed by atoms with van der Waals surface area (Å²) in [5, 5.41) is 12.2. The first-order valence-corrected chi connectivity index (χ1v) is 11.8. The number of benzene rings is 1. The normalized spacial score (nSPS) is 13.9. The second-order valence-electron chi connectivity index (χ2n) is 10.6. The molecule has 1 N–H and O–H groups in total. The smallest absolute Gasteiger partial charge is 0.408 e. The monoisotopic (exact) mass is 487 g/mol. The van der Waals surface area contributed by atoms with Crippen molar-refractivity contribution in [1.29, 1.82) is 0 Å². The van der Waals surface area contributed by atoms with Gasteiger partial charge in [0.15, 0.2) is 0 Å². The van der Waals surface area contributed by atoms with Crippen LogP contribution in [-0.2, 0) is 7.05 Å². The van der Waals surface area contributed by atoms with Gasteiger partial charge in [-0.3, -0.25) is 14.7 Å². The minimum absolute atomic E-state index is 0.0941. The van der Waals surface area contributed by atoms with E-state index in [1.54, 1.807) is 23.9 Å². The van der Waals surface area contributed by atoms with Crippen LogP contribution in [0.4, 0.5) is 4.79 Å². The number of aryl methyl sites for hydroxylation is 2. The fraction of sp³-hybridized carbons (Fsp3) is 0.500. The molecule has 3 rings (SSSR count). The van der Waals surface area contributed by atoms with E-state index >= 15 is 0 Å². The first-order chi connectivity index (χ1) is 15.7. The number of ether oxygens (including phenoxy) is 1. The molecule has 0 saturated carbocycles. The van der Waals surface area contributed by atoms with E-state index in [0.717, 1.165) is 22.0 Å². The molecule has 0 aliphatic rings. The maximum Gasteiger partial charge on any atom is 0.408 e. The van der Waals surface area contributed by atoms with E-state index in [1.165, 1.54) is 4.90 Å². The van der Waals surface area contributed by atoms with Crippen molar-refractivity contribution in [2.24, 2.45) is 13.0 Å². The summed E-state index contributed by atoms with van der Waals surface area (Å²) in [6.45, 7) is 13.6. The van der Waals surface area contributed by atoms with Gasteiger partial charge >= 0.3 is 6.09 Å². The van der Waals surface area contributed by atoms with Gasteiger partial charge in [0.1, 0.15) is 12.4 Å². The van der Waals surface area contributed by atoms with Crippen molar-refractivity contribution in [3.8, 4) is 5.75 Å². The van der Waals surface area contributed by atoms with Crippen LogP contribution in [0.5, 0.6) is 5.75 Å². The number of hydrogen-bond acceptors (Lipinski definition) is 4. The summed E-state index contributed by atoms with van der Waals surface area (Å²) in [7, 11) is 1.70. The minimum Gasteiger partial charge on any atom is -0.490 e. The lowest BCUT2D eigenvalue weighted by Gasteiger charge is -2.47. The molecule has 0 fully saturated rings. The van der Waals surface area contributed by atoms with Crippen LogP contribution in [0.15, 0.2) is 29.2 Å². The molecule has 7 nitrogen and oxygen atoms in total. The fourth-order valence-electron chi connectivity index (χ4n) is 5.23. The Morgan fingerprint density at radius 2 is 1.85 bits per heavy atom. The molecule has 0 radical (unpaired) electrons. The Morgan fingerprint density at radius 1 is 1.21 bits per heavy atom. The average molecular weight is 488 g/mol. The average Bonchev–Trinajstić information content (AvgIpc) is 2.68. The second kappa shape index (κ2) is 9.10. The predicted molar refractivity (Wildman–Crippen MR) is 137 cm³/mol. The standard InChI is InChI=1S/C26H34ClN3O4/c1-15(2)13-26(7,30(24(32)33)25(4,5)6)14-34-19-10-9-17-18-11-12-28-16(3)22(18)29(8)23(31)20(17)21(19)27/h9-12,15H,13-14H2,1-8H3,(H,32,33). The lowest BCUT2D eigenvalue weighted by atomic mass is 9.86. The van der Waals surface area contributed by atoms with Crippen LogP contribution in [0, 0.1) is 12.8 Å². The number of pyridine rings is 2. The Labute approximate surface area is 205 Å². The molecule has 184 valence electrons. The zero-order valence-corrected chi connectivity index (χ0v) is 21.9. The van der Waals surface area contributed by atoms with E-state index in [-0.39, 0.29) is 23.1 Å². The van der Waals surface area contributed by atoms with Gasteiger partial charge in [-0.1, -0.05) is 25.4 Å². The minimum atomic E-state index is -1.01. The number of carboxylic acid groups (broad SMARTS) is 1. The number of nitrogens with zero attached hydrogens (tertiary/aromatic N) is 3. The second-order valence-corrected chi connectivity index (χ2v) is 11.0. The van der Waals surface area contributed by atoms with Gasteiger partial charge in [0, 0.05) is 24.2 Å². The molecule has 1 atom stereocenters. The summed E-state index contributed by atoms with van der Waals surface area (Å²) in [4.78, 5) is 31.3. The third kappa shape index (κ3) is 4.58. The van der Waals surface area contributed by atoms with E-state index in [1.807, 2.05) is 46.8 Å². The first-order valence-electron chi connectivity index (χ1n) is 11.4. The third-order valence-corrected chi connectivity index (χ3v) is 6.52. The zero-order valence-electron chi connectivity index (χ0n) is 21.2. The summed E-state index contributed by atoms with van der Waals surface area (Å²) in [5.74, 6) is 0.589. The summed E-state index contributed by atoms with van der Waals surface area (Å²) in [6, 6.07) is 5.45. The van der Waals surface area contributed by atoms with Crippen molar-refractivity contribution in [3.05, 3.63) is 45.5 Å². The van der Waals surface area contributed by atoms with Crippen LogP contribution >= 0.6 is 11.6 Å². The quantitative estimate of drug-likeness (QED) is 0.430. The molecule has 0 aliphatic carbocycles. The highest BCUT2D eigenvalue weighted by atomic mass is 35.5. The van der Waals surface area contributed by atoms with Gasteiger partial charge in [-0.05, 0) is 70.5 Å². The number of rotatable bonds is 6. The van der Waals surface area contributed by atoms with E-state index in [4.69, 9.17) is 16.3 Å². The largest absolute Gasteiger partial charge is 0.490 e.